The van der Waals surface area contributed by atoms with Gasteiger partial charge in [-0.15, -0.1) is 0 Å². The largest absolute Gasteiger partial charge is 0.464 e. The van der Waals surface area contributed by atoms with Crippen LogP contribution in [-0.4, -0.2) is 50.6 Å². The highest BCUT2D eigenvalue weighted by atomic mass is 31.2. The molecule has 2 heterocycles. The molecule has 12 heteroatoms. The van der Waals surface area contributed by atoms with Crippen molar-refractivity contribution in [2.45, 2.75) is 45.9 Å². The van der Waals surface area contributed by atoms with Crippen molar-refractivity contribution < 1.29 is 23.4 Å². The normalized spacial score (nSPS) is 15.0. The summed E-state index contributed by atoms with van der Waals surface area (Å²) >= 11 is 0. The summed E-state index contributed by atoms with van der Waals surface area (Å²) in [5, 5.41) is 2.95. The van der Waals surface area contributed by atoms with Crippen molar-refractivity contribution in [1.29, 1.82) is 0 Å². The molecule has 1 unspecified atom stereocenters. The van der Waals surface area contributed by atoms with E-state index in [0.717, 1.165) is 0 Å². The molecule has 0 amide bonds. The zero-order chi connectivity index (χ0) is 23.8. The number of fused-ring (bicyclic) bond motifs is 1. The molecule has 1 aromatic carbocycles. The third kappa shape index (κ3) is 6.98. The summed E-state index contributed by atoms with van der Waals surface area (Å²) < 4.78 is 32.3. The van der Waals surface area contributed by atoms with Crippen LogP contribution in [-0.2, 0) is 25.4 Å². The highest BCUT2D eigenvalue weighted by Crippen LogP contribution is 2.44. The van der Waals surface area contributed by atoms with E-state index in [9.17, 15) is 9.36 Å². The van der Waals surface area contributed by atoms with Crippen LogP contribution in [0.5, 0.6) is 5.75 Å². The summed E-state index contributed by atoms with van der Waals surface area (Å²) in [5.41, 5.74) is 6.94. The SMILES string of the molecule is CCC(=O)OC[C@H](C)NP(=O)(CO[C@H](C)Cn1cnc2c(N)ncnc21)Oc1ccccc1. The number of benzene rings is 1. The van der Waals surface area contributed by atoms with Crippen molar-refractivity contribution in [3.05, 3.63) is 43.0 Å². The zero-order valence-corrected chi connectivity index (χ0v) is 19.8. The molecule has 0 aliphatic carbocycles. The summed E-state index contributed by atoms with van der Waals surface area (Å²) in [6.45, 7) is 5.78. The Morgan fingerprint density at radius 3 is 2.70 bits per heavy atom. The van der Waals surface area contributed by atoms with E-state index in [2.05, 4.69) is 20.0 Å². The maximum Gasteiger partial charge on any atom is 0.342 e. The smallest absolute Gasteiger partial charge is 0.342 e. The van der Waals surface area contributed by atoms with Crippen LogP contribution in [0.4, 0.5) is 5.82 Å². The Bertz CT molecular complexity index is 1110. The molecule has 11 nitrogen and oxygen atoms in total. The van der Waals surface area contributed by atoms with E-state index in [1.807, 2.05) is 13.0 Å². The molecule has 33 heavy (non-hydrogen) atoms. The van der Waals surface area contributed by atoms with Gasteiger partial charge in [-0.25, -0.2) is 20.0 Å². The number of nitrogens with two attached hydrogens (primary N) is 1. The van der Waals surface area contributed by atoms with Gasteiger partial charge in [-0.3, -0.25) is 9.36 Å². The number of esters is 1. The van der Waals surface area contributed by atoms with Crippen LogP contribution < -0.4 is 15.3 Å². The highest BCUT2D eigenvalue weighted by molar-refractivity contribution is 7.57. The van der Waals surface area contributed by atoms with E-state index in [1.54, 1.807) is 49.0 Å². The van der Waals surface area contributed by atoms with Crippen molar-refractivity contribution in [3.63, 3.8) is 0 Å². The van der Waals surface area contributed by atoms with Crippen molar-refractivity contribution in [1.82, 2.24) is 24.6 Å². The van der Waals surface area contributed by atoms with E-state index >= 15 is 0 Å². The summed E-state index contributed by atoms with van der Waals surface area (Å²) in [4.78, 5) is 23.9. The van der Waals surface area contributed by atoms with Crippen molar-refractivity contribution in [3.8, 4) is 5.75 Å². The van der Waals surface area contributed by atoms with Gasteiger partial charge < -0.3 is 24.3 Å². The standard InChI is InChI=1S/C21H29N6O5P/c1-4-18(28)30-11-15(2)26-33(29,32-17-8-6-5-7-9-17)14-31-16(3)10-27-13-25-19-20(22)23-12-24-21(19)27/h5-9,12-13,15-16H,4,10-11,14H2,1-3H3,(H,26,29)(H2,22,23,24)/t15-,16+,33?/m0/s1. The fourth-order valence-electron chi connectivity index (χ4n) is 3.02. The van der Waals surface area contributed by atoms with Crippen LogP contribution in [0.3, 0.4) is 0 Å². The van der Waals surface area contributed by atoms with Gasteiger partial charge in [0, 0.05) is 12.5 Å². The number of imidazole rings is 1. The molecule has 3 rings (SSSR count). The lowest BCUT2D eigenvalue weighted by molar-refractivity contribution is -0.143. The predicted molar refractivity (Wildman–Crippen MR) is 124 cm³/mol. The number of nitrogen functional groups attached to an aromatic ring is 1. The Labute approximate surface area is 192 Å². The Kier molecular flexibility index (Phi) is 8.37. The van der Waals surface area contributed by atoms with Crippen LogP contribution in [0.2, 0.25) is 0 Å². The number of carbonyl (C=O) groups excluding carboxylic acids is 1. The molecule has 0 radical (unpaired) electrons. The zero-order valence-electron chi connectivity index (χ0n) is 18.9. The predicted octanol–water partition coefficient (Wildman–Crippen LogP) is 2.97. The topological polar surface area (TPSA) is 143 Å². The van der Waals surface area contributed by atoms with Gasteiger partial charge in [-0.2, -0.15) is 0 Å². The van der Waals surface area contributed by atoms with Crippen molar-refractivity contribution >= 4 is 30.5 Å². The second kappa shape index (κ2) is 11.2. The number of para-hydroxylation sites is 1. The van der Waals surface area contributed by atoms with Gasteiger partial charge in [0.1, 0.15) is 30.5 Å². The summed E-state index contributed by atoms with van der Waals surface area (Å²) in [6, 6.07) is 8.41. The molecule has 0 bridgehead atoms. The lowest BCUT2D eigenvalue weighted by atomic mass is 10.3. The van der Waals surface area contributed by atoms with E-state index in [-0.39, 0.29) is 31.4 Å². The fraction of sp³-hybridized carbons (Fsp3) is 0.429. The van der Waals surface area contributed by atoms with Gasteiger partial charge in [0.2, 0.25) is 0 Å². The number of rotatable bonds is 12. The van der Waals surface area contributed by atoms with E-state index in [0.29, 0.717) is 29.3 Å². The van der Waals surface area contributed by atoms with Gasteiger partial charge in [-0.05, 0) is 26.0 Å². The first kappa shape index (κ1) is 24.6. The second-order valence-electron chi connectivity index (χ2n) is 7.58. The third-order valence-corrected chi connectivity index (χ3v) is 6.44. The first-order valence-electron chi connectivity index (χ1n) is 10.6. The molecule has 178 valence electrons. The maximum absolute atomic E-state index is 13.6. The fourth-order valence-corrected chi connectivity index (χ4v) is 4.86. The molecule has 0 aliphatic rings. The Morgan fingerprint density at radius 1 is 1.21 bits per heavy atom. The molecule has 3 aromatic rings. The van der Waals surface area contributed by atoms with Crippen LogP contribution in [0.25, 0.3) is 11.2 Å². The van der Waals surface area contributed by atoms with E-state index in [1.165, 1.54) is 6.33 Å². The average Bonchev–Trinajstić information content (AvgIpc) is 3.20. The Morgan fingerprint density at radius 2 is 1.97 bits per heavy atom. The molecule has 0 saturated heterocycles. The molecule has 3 atom stereocenters. The van der Waals surface area contributed by atoms with Crippen molar-refractivity contribution in [2.75, 3.05) is 18.7 Å². The number of carbonyl (C=O) groups is 1. The number of aromatic nitrogens is 4. The van der Waals surface area contributed by atoms with Gasteiger partial charge >= 0.3 is 13.5 Å². The molecule has 3 N–H and O–H groups in total. The maximum atomic E-state index is 13.6. The molecular weight excluding hydrogens is 447 g/mol. The molecule has 0 saturated carbocycles. The van der Waals surface area contributed by atoms with Crippen LogP contribution in [0.1, 0.15) is 27.2 Å². The number of nitrogens with one attached hydrogen (secondary N) is 1. The summed E-state index contributed by atoms with van der Waals surface area (Å²) in [7, 11) is -3.50. The Balaban J connectivity index is 1.66. The lowest BCUT2D eigenvalue weighted by Crippen LogP contribution is -2.32. The second-order valence-corrected chi connectivity index (χ2v) is 9.62. The Hall–Kier alpha value is -3.01. The summed E-state index contributed by atoms with van der Waals surface area (Å²) in [6.07, 6.45) is 2.71. The quantitative estimate of drug-likeness (QED) is 0.296. The highest BCUT2D eigenvalue weighted by Gasteiger charge is 2.29. The summed E-state index contributed by atoms with van der Waals surface area (Å²) in [5.74, 6) is 0.412. The number of hydrogen-bond donors (Lipinski definition) is 2. The first-order chi connectivity index (χ1) is 15.8. The molecular formula is C21H29N6O5P. The number of nitrogens with zero attached hydrogens (tertiary/aromatic N) is 4. The van der Waals surface area contributed by atoms with Crippen LogP contribution >= 0.6 is 7.52 Å². The van der Waals surface area contributed by atoms with E-state index in [4.69, 9.17) is 19.7 Å². The number of ether oxygens (including phenoxy) is 2. The van der Waals surface area contributed by atoms with Gasteiger partial charge in [-0.1, -0.05) is 25.1 Å². The van der Waals surface area contributed by atoms with Crippen LogP contribution in [0.15, 0.2) is 43.0 Å². The average molecular weight is 476 g/mol. The minimum Gasteiger partial charge on any atom is -0.464 e. The molecule has 0 aliphatic heterocycles. The molecule has 0 fully saturated rings. The minimum absolute atomic E-state index is 0.0620. The number of anilines is 1. The van der Waals surface area contributed by atoms with Gasteiger partial charge in [0.15, 0.2) is 11.5 Å². The van der Waals surface area contributed by atoms with E-state index < -0.39 is 13.6 Å². The minimum atomic E-state index is -3.50. The van der Waals surface area contributed by atoms with Crippen molar-refractivity contribution in [2.24, 2.45) is 0 Å². The molecule has 0 spiro atoms. The van der Waals surface area contributed by atoms with Gasteiger partial charge in [0.05, 0.1) is 19.0 Å². The third-order valence-electron chi connectivity index (χ3n) is 4.61. The monoisotopic (exact) mass is 476 g/mol. The van der Waals surface area contributed by atoms with Gasteiger partial charge in [0.25, 0.3) is 0 Å². The molecule has 2 aromatic heterocycles. The number of hydrogen-bond acceptors (Lipinski definition) is 9. The first-order valence-corrected chi connectivity index (χ1v) is 12.4. The lowest BCUT2D eigenvalue weighted by Gasteiger charge is -2.25. The van der Waals surface area contributed by atoms with Crippen LogP contribution in [0, 0.1) is 0 Å².